The van der Waals surface area contributed by atoms with E-state index in [0.717, 1.165) is 12.1 Å². The van der Waals surface area contributed by atoms with Crippen LogP contribution in [-0.4, -0.2) is 15.9 Å². The third-order valence-electron chi connectivity index (χ3n) is 2.39. The quantitative estimate of drug-likeness (QED) is 0.672. The molecule has 0 saturated carbocycles. The highest BCUT2D eigenvalue weighted by Gasteiger charge is 2.38. The van der Waals surface area contributed by atoms with Crippen LogP contribution in [0.1, 0.15) is 16.1 Å². The number of alkyl halides is 3. The van der Waals surface area contributed by atoms with Crippen LogP contribution in [0, 0.1) is 11.6 Å². The third-order valence-corrected chi connectivity index (χ3v) is 2.58. The van der Waals surface area contributed by atoms with Crippen LogP contribution >= 0.6 is 11.6 Å². The highest BCUT2D eigenvalue weighted by molar-refractivity contribution is 6.28. The van der Waals surface area contributed by atoms with Crippen LogP contribution in [-0.2, 0) is 6.18 Å². The molecule has 2 rings (SSSR count). The number of carbonyl (C=O) groups is 1. The molecule has 2 aromatic rings. The maximum atomic E-state index is 13.0. The molecule has 1 heterocycles. The first-order valence-corrected chi connectivity index (χ1v) is 5.92. The van der Waals surface area contributed by atoms with Gasteiger partial charge in [0.1, 0.15) is 11.6 Å². The molecule has 1 aromatic carbocycles. The average Bonchev–Trinajstić information content (AvgIpc) is 2.36. The maximum absolute atomic E-state index is 13.0. The Bertz CT molecular complexity index is 715. The van der Waals surface area contributed by atoms with E-state index in [1.54, 1.807) is 0 Å². The Kier molecular flexibility index (Phi) is 4.27. The number of aromatic nitrogens is 2. The summed E-state index contributed by atoms with van der Waals surface area (Å²) in [6.07, 6.45) is -4.38. The lowest BCUT2D eigenvalue weighted by atomic mass is 10.2. The molecule has 1 aromatic heterocycles. The summed E-state index contributed by atoms with van der Waals surface area (Å²) >= 11 is 5.28. The topological polar surface area (TPSA) is 54.9 Å². The smallest absolute Gasteiger partial charge is 0.322 e. The number of nitrogens with one attached hydrogen (secondary N) is 1. The summed E-state index contributed by atoms with van der Waals surface area (Å²) in [4.78, 5) is 18.1. The Morgan fingerprint density at radius 3 is 2.27 bits per heavy atom. The molecule has 0 radical (unpaired) electrons. The van der Waals surface area contributed by atoms with E-state index in [1.807, 2.05) is 5.32 Å². The van der Waals surface area contributed by atoms with E-state index in [4.69, 9.17) is 11.6 Å². The first-order chi connectivity index (χ1) is 10.2. The summed E-state index contributed by atoms with van der Waals surface area (Å²) in [6, 6.07) is 2.03. The van der Waals surface area contributed by atoms with Gasteiger partial charge >= 0.3 is 6.18 Å². The van der Waals surface area contributed by atoms with Crippen LogP contribution in [0.4, 0.5) is 27.6 Å². The van der Waals surface area contributed by atoms with Crippen molar-refractivity contribution in [1.82, 2.24) is 9.97 Å². The van der Waals surface area contributed by atoms with Gasteiger partial charge < -0.3 is 5.32 Å². The van der Waals surface area contributed by atoms with E-state index in [9.17, 15) is 26.7 Å². The van der Waals surface area contributed by atoms with Gasteiger partial charge in [0.25, 0.3) is 5.91 Å². The van der Waals surface area contributed by atoms with Gasteiger partial charge in [0, 0.05) is 18.0 Å². The summed E-state index contributed by atoms with van der Waals surface area (Å²) in [6.45, 7) is 0. The highest BCUT2D eigenvalue weighted by atomic mass is 35.5. The van der Waals surface area contributed by atoms with E-state index < -0.39 is 40.3 Å². The molecule has 1 N–H and O–H groups in total. The van der Waals surface area contributed by atoms with E-state index in [2.05, 4.69) is 9.97 Å². The Morgan fingerprint density at radius 1 is 1.14 bits per heavy atom. The molecule has 10 heteroatoms. The van der Waals surface area contributed by atoms with Crippen molar-refractivity contribution >= 4 is 23.2 Å². The molecule has 0 unspecified atom stereocenters. The fourth-order valence-electron chi connectivity index (χ4n) is 1.57. The van der Waals surface area contributed by atoms with Gasteiger partial charge in [-0.05, 0) is 23.7 Å². The molecule has 116 valence electrons. The number of benzene rings is 1. The molecule has 4 nitrogen and oxygen atoms in total. The molecule has 1 amide bonds. The zero-order chi connectivity index (χ0) is 16.5. The monoisotopic (exact) mass is 337 g/mol. The molecule has 22 heavy (non-hydrogen) atoms. The van der Waals surface area contributed by atoms with Crippen molar-refractivity contribution in [1.29, 1.82) is 0 Å². The summed E-state index contributed by atoms with van der Waals surface area (Å²) in [5.41, 5.74) is -2.84. The molecule has 0 spiro atoms. The number of hydrogen-bond acceptors (Lipinski definition) is 3. The number of carbonyl (C=O) groups excluding carboxylic acids is 1. The van der Waals surface area contributed by atoms with E-state index in [0.29, 0.717) is 12.3 Å². The number of amides is 1. The van der Waals surface area contributed by atoms with Gasteiger partial charge in [0.15, 0.2) is 5.69 Å². The SMILES string of the molecule is O=C(Nc1cc(F)cc(F)c1)c1cnc(Cl)nc1C(F)(F)F. The van der Waals surface area contributed by atoms with Gasteiger partial charge in [-0.2, -0.15) is 13.2 Å². The van der Waals surface area contributed by atoms with Crippen molar-refractivity contribution in [2.45, 2.75) is 6.18 Å². The lowest BCUT2D eigenvalue weighted by Crippen LogP contribution is -2.21. The Hall–Kier alpha value is -2.29. The van der Waals surface area contributed by atoms with Gasteiger partial charge in [0.05, 0.1) is 5.56 Å². The first kappa shape index (κ1) is 16.1. The largest absolute Gasteiger partial charge is 0.434 e. The van der Waals surface area contributed by atoms with Crippen molar-refractivity contribution in [2.75, 3.05) is 5.32 Å². The summed E-state index contributed by atoms with van der Waals surface area (Å²) < 4.78 is 64.4. The molecule has 0 fully saturated rings. The zero-order valence-electron chi connectivity index (χ0n) is 10.4. The van der Waals surface area contributed by atoms with Crippen LogP contribution in [0.2, 0.25) is 5.28 Å². The highest BCUT2D eigenvalue weighted by Crippen LogP contribution is 2.31. The lowest BCUT2D eigenvalue weighted by molar-refractivity contribution is -0.141. The third kappa shape index (κ3) is 3.67. The molecule has 0 bridgehead atoms. The van der Waals surface area contributed by atoms with E-state index >= 15 is 0 Å². The molecular formula is C12H5ClF5N3O. The van der Waals surface area contributed by atoms with Crippen molar-refractivity contribution in [3.63, 3.8) is 0 Å². The zero-order valence-corrected chi connectivity index (χ0v) is 11.1. The number of hydrogen-bond donors (Lipinski definition) is 1. The second-order valence-electron chi connectivity index (χ2n) is 4.01. The Labute approximate surface area is 125 Å². The predicted octanol–water partition coefficient (Wildman–Crippen LogP) is 3.68. The maximum Gasteiger partial charge on any atom is 0.434 e. The van der Waals surface area contributed by atoms with Crippen LogP contribution in [0.3, 0.4) is 0 Å². The second-order valence-corrected chi connectivity index (χ2v) is 4.35. The number of halogens is 6. The molecular weight excluding hydrogens is 333 g/mol. The number of rotatable bonds is 2. The second kappa shape index (κ2) is 5.84. The van der Waals surface area contributed by atoms with Crippen molar-refractivity contribution in [3.8, 4) is 0 Å². The number of anilines is 1. The van der Waals surface area contributed by atoms with Gasteiger partial charge in [-0.3, -0.25) is 4.79 Å². The van der Waals surface area contributed by atoms with Gasteiger partial charge in [0.2, 0.25) is 5.28 Å². The standard InChI is InChI=1S/C12H5ClF5N3O/c13-11-19-4-8(9(21-11)12(16,17)18)10(22)20-7-2-5(14)1-6(15)3-7/h1-4H,(H,20,22). The molecule has 0 aliphatic rings. The fraction of sp³-hybridized carbons (Fsp3) is 0.0833. The van der Waals surface area contributed by atoms with Crippen LogP contribution in [0.5, 0.6) is 0 Å². The minimum absolute atomic E-state index is 0.356. The van der Waals surface area contributed by atoms with Crippen LogP contribution in [0.15, 0.2) is 24.4 Å². The predicted molar refractivity (Wildman–Crippen MR) is 66.4 cm³/mol. The van der Waals surface area contributed by atoms with Crippen molar-refractivity contribution in [3.05, 3.63) is 52.6 Å². The molecule has 0 saturated heterocycles. The number of nitrogens with zero attached hydrogens (tertiary/aromatic N) is 2. The van der Waals surface area contributed by atoms with Crippen molar-refractivity contribution < 1.29 is 26.7 Å². The minimum atomic E-state index is -4.95. The summed E-state index contributed by atoms with van der Waals surface area (Å²) in [5, 5.41) is 1.24. The fourth-order valence-corrected chi connectivity index (χ4v) is 1.70. The van der Waals surface area contributed by atoms with E-state index in [-0.39, 0.29) is 5.69 Å². The molecule has 0 atom stereocenters. The first-order valence-electron chi connectivity index (χ1n) is 5.54. The van der Waals surface area contributed by atoms with E-state index in [1.165, 1.54) is 0 Å². The molecule has 0 aliphatic carbocycles. The van der Waals surface area contributed by atoms with Gasteiger partial charge in [-0.25, -0.2) is 18.7 Å². The van der Waals surface area contributed by atoms with Gasteiger partial charge in [-0.15, -0.1) is 0 Å². The van der Waals surface area contributed by atoms with Crippen LogP contribution < -0.4 is 5.32 Å². The lowest BCUT2D eigenvalue weighted by Gasteiger charge is -2.11. The normalized spacial score (nSPS) is 11.4. The van der Waals surface area contributed by atoms with Crippen LogP contribution in [0.25, 0.3) is 0 Å². The Balaban J connectivity index is 2.38. The minimum Gasteiger partial charge on any atom is -0.322 e. The summed E-state index contributed by atoms with van der Waals surface area (Å²) in [5.74, 6) is -3.29. The average molecular weight is 338 g/mol. The van der Waals surface area contributed by atoms with Gasteiger partial charge in [-0.1, -0.05) is 0 Å². The molecule has 0 aliphatic heterocycles. The Morgan fingerprint density at radius 2 is 1.73 bits per heavy atom. The van der Waals surface area contributed by atoms with Crippen molar-refractivity contribution in [2.24, 2.45) is 0 Å². The summed E-state index contributed by atoms with van der Waals surface area (Å²) in [7, 11) is 0.